The Morgan fingerprint density at radius 3 is 2.05 bits per heavy atom. The van der Waals surface area contributed by atoms with Gasteiger partial charge in [-0.05, 0) is 75.3 Å². The Balaban J connectivity index is 1.88. The Morgan fingerprint density at radius 1 is 0.818 bits per heavy atom. The third kappa shape index (κ3) is 2.75. The van der Waals surface area contributed by atoms with Crippen molar-refractivity contribution in [2.75, 3.05) is 14.1 Å². The van der Waals surface area contributed by atoms with Crippen molar-refractivity contribution in [1.29, 1.82) is 0 Å². The molecule has 8 atom stereocenters. The van der Waals surface area contributed by atoms with Crippen molar-refractivity contribution in [3.8, 4) is 0 Å². The topological polar surface area (TPSA) is 29.3 Å². The number of nitrogens with zero attached hydrogens (tertiary/aromatic N) is 1. The quantitative estimate of drug-likeness (QED) is 0.849. The summed E-state index contributed by atoms with van der Waals surface area (Å²) >= 11 is 0. The second kappa shape index (κ2) is 6.81. The van der Waals surface area contributed by atoms with Crippen molar-refractivity contribution in [3.63, 3.8) is 0 Å². The van der Waals surface area contributed by atoms with Gasteiger partial charge in [-0.1, -0.05) is 39.5 Å². The first kappa shape index (κ1) is 16.8. The van der Waals surface area contributed by atoms with Crippen molar-refractivity contribution in [2.45, 2.75) is 77.3 Å². The van der Waals surface area contributed by atoms with E-state index in [0.29, 0.717) is 6.04 Å². The molecule has 0 bridgehead atoms. The summed E-state index contributed by atoms with van der Waals surface area (Å²) in [5.41, 5.74) is 6.68. The Hall–Kier alpha value is -0.0800. The molecule has 3 aliphatic rings. The van der Waals surface area contributed by atoms with Gasteiger partial charge in [0.25, 0.3) is 0 Å². The molecule has 3 rings (SSSR count). The Bertz CT molecular complexity index is 367. The molecule has 0 spiro atoms. The molecular formula is C20H38N2. The van der Waals surface area contributed by atoms with E-state index in [4.69, 9.17) is 5.73 Å². The van der Waals surface area contributed by atoms with E-state index in [2.05, 4.69) is 32.8 Å². The number of fused-ring (bicyclic) bond motifs is 3. The molecule has 0 heterocycles. The maximum atomic E-state index is 6.68. The van der Waals surface area contributed by atoms with Gasteiger partial charge in [0.2, 0.25) is 0 Å². The smallest absolute Gasteiger partial charge is 0.0123 e. The van der Waals surface area contributed by atoms with E-state index < -0.39 is 0 Å². The van der Waals surface area contributed by atoms with E-state index in [0.717, 1.165) is 41.5 Å². The molecule has 22 heavy (non-hydrogen) atoms. The van der Waals surface area contributed by atoms with E-state index in [1.807, 2.05) is 0 Å². The monoisotopic (exact) mass is 306 g/mol. The summed E-state index contributed by atoms with van der Waals surface area (Å²) in [6, 6.07) is 1.29. The molecule has 128 valence electrons. The number of rotatable bonds is 3. The third-order valence-electron chi connectivity index (χ3n) is 7.78. The molecule has 0 saturated heterocycles. The molecule has 0 aromatic rings. The maximum Gasteiger partial charge on any atom is 0.0123 e. The fourth-order valence-electron chi connectivity index (χ4n) is 6.91. The summed E-state index contributed by atoms with van der Waals surface area (Å²) in [5, 5.41) is 0. The predicted molar refractivity (Wildman–Crippen MR) is 94.7 cm³/mol. The predicted octanol–water partition coefficient (Wildman–Crippen LogP) is 4.14. The summed E-state index contributed by atoms with van der Waals surface area (Å²) in [6.07, 6.45) is 11.2. The average molecular weight is 307 g/mol. The number of nitrogens with two attached hydrogens (primary N) is 1. The van der Waals surface area contributed by atoms with Gasteiger partial charge in [0, 0.05) is 12.1 Å². The van der Waals surface area contributed by atoms with Crippen LogP contribution >= 0.6 is 0 Å². The molecule has 2 nitrogen and oxygen atoms in total. The molecule has 0 aromatic heterocycles. The SMILES string of the molecule is CCC1C2CC(N)C3CCCCC3C2CC(N(C)C)C1CC. The van der Waals surface area contributed by atoms with E-state index >= 15 is 0 Å². The van der Waals surface area contributed by atoms with Crippen LogP contribution in [-0.4, -0.2) is 31.1 Å². The zero-order valence-corrected chi connectivity index (χ0v) is 15.3. The van der Waals surface area contributed by atoms with Crippen LogP contribution < -0.4 is 5.73 Å². The van der Waals surface area contributed by atoms with Gasteiger partial charge in [-0.2, -0.15) is 0 Å². The highest BCUT2D eigenvalue weighted by molar-refractivity contribution is 5.03. The van der Waals surface area contributed by atoms with E-state index in [1.54, 1.807) is 0 Å². The van der Waals surface area contributed by atoms with Crippen LogP contribution in [0.25, 0.3) is 0 Å². The van der Waals surface area contributed by atoms with Crippen LogP contribution in [0.5, 0.6) is 0 Å². The fourth-order valence-corrected chi connectivity index (χ4v) is 6.91. The minimum atomic E-state index is 0.494. The van der Waals surface area contributed by atoms with Crippen molar-refractivity contribution in [1.82, 2.24) is 4.90 Å². The molecule has 0 amide bonds. The lowest BCUT2D eigenvalue weighted by Gasteiger charge is -2.58. The standard InChI is InChI=1S/C20H38N2/c1-5-13-14(6-2)20(22(3)4)12-18-15-9-7-8-10-16(15)19(21)11-17(13)18/h13-20H,5-12,21H2,1-4H3. The van der Waals surface area contributed by atoms with Crippen LogP contribution in [0.1, 0.15) is 65.2 Å². The van der Waals surface area contributed by atoms with Crippen LogP contribution in [-0.2, 0) is 0 Å². The lowest BCUT2D eigenvalue weighted by Crippen LogP contribution is -2.57. The summed E-state index contributed by atoms with van der Waals surface area (Å²) in [6.45, 7) is 4.84. The normalized spacial score (nSPS) is 48.8. The summed E-state index contributed by atoms with van der Waals surface area (Å²) in [4.78, 5) is 2.54. The Labute approximate surface area is 138 Å². The Morgan fingerprint density at radius 2 is 1.45 bits per heavy atom. The largest absolute Gasteiger partial charge is 0.327 e. The number of hydrogen-bond donors (Lipinski definition) is 1. The van der Waals surface area contributed by atoms with Crippen LogP contribution in [0.2, 0.25) is 0 Å². The molecule has 0 radical (unpaired) electrons. The summed E-state index contributed by atoms with van der Waals surface area (Å²) in [5.74, 6) is 5.45. The second-order valence-electron chi connectivity index (χ2n) is 8.75. The third-order valence-corrected chi connectivity index (χ3v) is 7.78. The van der Waals surface area contributed by atoms with Gasteiger partial charge in [0.05, 0.1) is 0 Å². The first-order valence-corrected chi connectivity index (χ1v) is 10.00. The van der Waals surface area contributed by atoms with Crippen LogP contribution in [0.3, 0.4) is 0 Å². The molecule has 2 N–H and O–H groups in total. The van der Waals surface area contributed by atoms with Gasteiger partial charge >= 0.3 is 0 Å². The van der Waals surface area contributed by atoms with E-state index in [9.17, 15) is 0 Å². The minimum Gasteiger partial charge on any atom is -0.327 e. The van der Waals surface area contributed by atoms with Gasteiger partial charge in [0.1, 0.15) is 0 Å². The van der Waals surface area contributed by atoms with Crippen LogP contribution in [0, 0.1) is 35.5 Å². The van der Waals surface area contributed by atoms with Gasteiger partial charge in [0.15, 0.2) is 0 Å². The lowest BCUT2D eigenvalue weighted by atomic mass is 9.50. The lowest BCUT2D eigenvalue weighted by molar-refractivity contribution is -0.0710. The summed E-state index contributed by atoms with van der Waals surface area (Å²) < 4.78 is 0. The molecule has 0 aromatic carbocycles. The zero-order chi connectivity index (χ0) is 15.9. The van der Waals surface area contributed by atoms with Gasteiger partial charge in [-0.3, -0.25) is 0 Å². The van der Waals surface area contributed by atoms with Crippen molar-refractivity contribution < 1.29 is 0 Å². The molecule has 3 saturated carbocycles. The van der Waals surface area contributed by atoms with E-state index in [1.165, 1.54) is 51.4 Å². The number of hydrogen-bond acceptors (Lipinski definition) is 2. The molecule has 3 fully saturated rings. The van der Waals surface area contributed by atoms with Crippen LogP contribution in [0.15, 0.2) is 0 Å². The molecule has 8 unspecified atom stereocenters. The molecule has 2 heteroatoms. The first-order chi connectivity index (χ1) is 10.6. The second-order valence-corrected chi connectivity index (χ2v) is 8.75. The fraction of sp³-hybridized carbons (Fsp3) is 1.00. The highest BCUT2D eigenvalue weighted by atomic mass is 15.1. The van der Waals surface area contributed by atoms with Gasteiger partial charge in [-0.25, -0.2) is 0 Å². The summed E-state index contributed by atoms with van der Waals surface area (Å²) in [7, 11) is 4.63. The average Bonchev–Trinajstić information content (AvgIpc) is 2.53. The van der Waals surface area contributed by atoms with Crippen LogP contribution in [0.4, 0.5) is 0 Å². The highest BCUT2D eigenvalue weighted by Gasteiger charge is 2.52. The maximum absolute atomic E-state index is 6.68. The minimum absolute atomic E-state index is 0.494. The van der Waals surface area contributed by atoms with Gasteiger partial charge in [-0.15, -0.1) is 0 Å². The highest BCUT2D eigenvalue weighted by Crippen LogP contribution is 2.55. The van der Waals surface area contributed by atoms with Crippen molar-refractivity contribution in [3.05, 3.63) is 0 Å². The Kier molecular flexibility index (Phi) is 5.19. The van der Waals surface area contributed by atoms with Gasteiger partial charge < -0.3 is 10.6 Å². The first-order valence-electron chi connectivity index (χ1n) is 10.00. The molecule has 3 aliphatic carbocycles. The van der Waals surface area contributed by atoms with Crippen molar-refractivity contribution in [2.24, 2.45) is 41.2 Å². The van der Waals surface area contributed by atoms with Crippen molar-refractivity contribution >= 4 is 0 Å². The molecular weight excluding hydrogens is 268 g/mol. The zero-order valence-electron chi connectivity index (χ0n) is 15.3. The molecule has 0 aliphatic heterocycles. The van der Waals surface area contributed by atoms with E-state index in [-0.39, 0.29) is 0 Å².